The third-order valence-corrected chi connectivity index (χ3v) is 5.91. The van der Waals surface area contributed by atoms with Gasteiger partial charge in [0.05, 0.1) is 25.9 Å². The number of aryl methyl sites for hydroxylation is 1. The maximum absolute atomic E-state index is 12.7. The molecule has 0 bridgehead atoms. The second-order valence-corrected chi connectivity index (χ2v) is 8.65. The van der Waals surface area contributed by atoms with E-state index in [1.807, 2.05) is 50.3 Å². The lowest BCUT2D eigenvalue weighted by Gasteiger charge is -2.32. The number of aliphatic hydroxyl groups excluding tert-OH is 1. The number of amides is 3. The molecule has 8 heteroatoms. The number of hydrogen-bond acceptors (Lipinski definition) is 5. The Labute approximate surface area is 193 Å². The Balaban J connectivity index is 1.43. The normalized spacial score (nSPS) is 18.7. The van der Waals surface area contributed by atoms with Crippen molar-refractivity contribution in [3.05, 3.63) is 53.2 Å². The minimum atomic E-state index is -0.342. The van der Waals surface area contributed by atoms with Crippen LogP contribution in [0.3, 0.4) is 0 Å². The molecule has 3 amide bonds. The Bertz CT molecular complexity index is 1050. The van der Waals surface area contributed by atoms with E-state index in [4.69, 9.17) is 4.74 Å². The van der Waals surface area contributed by atoms with Crippen LogP contribution in [0.4, 0.5) is 16.3 Å². The number of nitrogens with one attached hydrogen (secondary N) is 2. The highest BCUT2D eigenvalue weighted by Crippen LogP contribution is 2.30. The van der Waals surface area contributed by atoms with Crippen LogP contribution < -0.4 is 10.6 Å². The summed E-state index contributed by atoms with van der Waals surface area (Å²) >= 11 is 0. The molecule has 8 nitrogen and oxygen atoms in total. The Morgan fingerprint density at radius 3 is 2.76 bits per heavy atom. The number of aliphatic hydroxyl groups is 1. The number of aromatic nitrogens is 1. The smallest absolute Gasteiger partial charge is 0.322 e. The minimum absolute atomic E-state index is 0.0421. The monoisotopic (exact) mass is 450 g/mol. The van der Waals surface area contributed by atoms with Crippen molar-refractivity contribution in [2.45, 2.75) is 32.8 Å². The number of carbonyl (C=O) groups excluding carboxylic acids is 2. The van der Waals surface area contributed by atoms with E-state index in [1.165, 1.54) is 0 Å². The summed E-state index contributed by atoms with van der Waals surface area (Å²) in [5.74, 6) is 0.748. The van der Waals surface area contributed by atoms with Gasteiger partial charge in [0.2, 0.25) is 5.91 Å². The molecule has 1 saturated carbocycles. The largest absolute Gasteiger partial charge is 0.394 e. The van der Waals surface area contributed by atoms with E-state index < -0.39 is 0 Å². The summed E-state index contributed by atoms with van der Waals surface area (Å²) in [6.45, 7) is 5.21. The molecule has 1 aromatic heterocycles. The number of benzene rings is 1. The van der Waals surface area contributed by atoms with Crippen LogP contribution in [0.2, 0.25) is 0 Å². The Hall–Kier alpha value is -3.23. The number of hydrogen-bond donors (Lipinski definition) is 3. The zero-order valence-corrected chi connectivity index (χ0v) is 19.0. The van der Waals surface area contributed by atoms with Crippen molar-refractivity contribution in [1.29, 1.82) is 0 Å². The lowest BCUT2D eigenvalue weighted by atomic mass is 9.99. The maximum atomic E-state index is 12.7. The summed E-state index contributed by atoms with van der Waals surface area (Å²) in [7, 11) is 0. The van der Waals surface area contributed by atoms with Crippen molar-refractivity contribution in [2.24, 2.45) is 5.92 Å². The van der Waals surface area contributed by atoms with Crippen molar-refractivity contribution in [1.82, 2.24) is 9.88 Å². The molecule has 4 rings (SSSR count). The minimum Gasteiger partial charge on any atom is -0.394 e. The molecule has 1 aromatic carbocycles. The van der Waals surface area contributed by atoms with Crippen LogP contribution in [0.1, 0.15) is 36.5 Å². The Kier molecular flexibility index (Phi) is 7.05. The van der Waals surface area contributed by atoms with Crippen molar-refractivity contribution in [2.75, 3.05) is 36.9 Å². The molecule has 3 N–H and O–H groups in total. The molecule has 0 radical (unpaired) electrons. The third kappa shape index (κ3) is 5.97. The van der Waals surface area contributed by atoms with Gasteiger partial charge in [0.1, 0.15) is 5.82 Å². The number of allylic oxidation sites excluding steroid dienone is 1. The summed E-state index contributed by atoms with van der Waals surface area (Å²) in [6, 6.07) is 9.35. The second kappa shape index (κ2) is 10.1. The van der Waals surface area contributed by atoms with E-state index in [2.05, 4.69) is 15.6 Å². The molecule has 0 spiro atoms. The first-order chi connectivity index (χ1) is 15.9. The molecule has 2 aromatic rings. The van der Waals surface area contributed by atoms with E-state index in [0.717, 1.165) is 35.1 Å². The highest BCUT2D eigenvalue weighted by Gasteiger charge is 2.29. The number of ether oxygens (including phenoxy) is 1. The van der Waals surface area contributed by atoms with Crippen LogP contribution in [0.15, 0.2) is 36.5 Å². The van der Waals surface area contributed by atoms with E-state index in [1.54, 1.807) is 11.1 Å². The van der Waals surface area contributed by atoms with Gasteiger partial charge in [-0.05, 0) is 79.3 Å². The molecule has 2 heterocycles. The lowest BCUT2D eigenvalue weighted by Crippen LogP contribution is -2.48. The van der Waals surface area contributed by atoms with Gasteiger partial charge in [0.25, 0.3) is 0 Å². The van der Waals surface area contributed by atoms with Gasteiger partial charge >= 0.3 is 6.03 Å². The maximum Gasteiger partial charge on any atom is 0.322 e. The highest BCUT2D eigenvalue weighted by atomic mass is 16.5. The molecular weight excluding hydrogens is 420 g/mol. The molecule has 2 fully saturated rings. The molecule has 174 valence electrons. The fraction of sp³-hybridized carbons (Fsp3) is 0.400. The van der Waals surface area contributed by atoms with Gasteiger partial charge in [-0.2, -0.15) is 0 Å². The van der Waals surface area contributed by atoms with Gasteiger partial charge in [0, 0.05) is 24.3 Å². The van der Waals surface area contributed by atoms with Crippen molar-refractivity contribution >= 4 is 35.1 Å². The average molecular weight is 451 g/mol. The van der Waals surface area contributed by atoms with Crippen LogP contribution in [-0.4, -0.2) is 59.3 Å². The Morgan fingerprint density at radius 1 is 1.24 bits per heavy atom. The predicted molar refractivity (Wildman–Crippen MR) is 128 cm³/mol. The molecule has 1 atom stereocenters. The summed E-state index contributed by atoms with van der Waals surface area (Å²) in [5, 5.41) is 15.1. The summed E-state index contributed by atoms with van der Waals surface area (Å²) in [4.78, 5) is 30.6. The van der Waals surface area contributed by atoms with Gasteiger partial charge in [-0.15, -0.1) is 0 Å². The van der Waals surface area contributed by atoms with Crippen LogP contribution in [0.25, 0.3) is 11.6 Å². The number of pyridine rings is 1. The van der Waals surface area contributed by atoms with Crippen molar-refractivity contribution in [3.8, 4) is 0 Å². The van der Waals surface area contributed by atoms with E-state index in [9.17, 15) is 14.7 Å². The number of anilines is 2. The van der Waals surface area contributed by atoms with Crippen LogP contribution >= 0.6 is 0 Å². The third-order valence-electron chi connectivity index (χ3n) is 5.91. The molecule has 2 aliphatic rings. The van der Waals surface area contributed by atoms with E-state index in [-0.39, 0.29) is 30.6 Å². The predicted octanol–water partition coefficient (Wildman–Crippen LogP) is 3.52. The molecule has 1 aliphatic carbocycles. The summed E-state index contributed by atoms with van der Waals surface area (Å²) in [6.07, 6.45) is 5.34. The van der Waals surface area contributed by atoms with Gasteiger partial charge < -0.3 is 25.4 Å². The molecule has 33 heavy (non-hydrogen) atoms. The molecular formula is C25H30N4O4. The fourth-order valence-corrected chi connectivity index (χ4v) is 3.81. The summed E-state index contributed by atoms with van der Waals surface area (Å²) < 4.78 is 5.42. The number of nitrogens with zero attached hydrogens (tertiary/aromatic N) is 2. The van der Waals surface area contributed by atoms with Crippen molar-refractivity contribution < 1.29 is 19.4 Å². The Morgan fingerprint density at radius 2 is 2.06 bits per heavy atom. The average Bonchev–Trinajstić information content (AvgIpc) is 3.67. The number of rotatable bonds is 6. The van der Waals surface area contributed by atoms with Gasteiger partial charge in [-0.1, -0.05) is 6.07 Å². The molecule has 1 aliphatic heterocycles. The first-order valence-electron chi connectivity index (χ1n) is 11.3. The zero-order valence-electron chi connectivity index (χ0n) is 19.0. The summed E-state index contributed by atoms with van der Waals surface area (Å²) in [5.41, 5.74) is 4.78. The highest BCUT2D eigenvalue weighted by molar-refractivity contribution is 5.93. The van der Waals surface area contributed by atoms with Crippen LogP contribution in [0.5, 0.6) is 0 Å². The number of morpholine rings is 1. The SMILES string of the molecule is CC(=Cc1ccc(NC(=O)C2CC2)nc1)c1cc(NC(=O)N2CCOC(CO)C2)ccc1C. The van der Waals surface area contributed by atoms with Gasteiger partial charge in [0.15, 0.2) is 0 Å². The van der Waals surface area contributed by atoms with E-state index in [0.29, 0.717) is 31.2 Å². The first-order valence-corrected chi connectivity index (χ1v) is 11.3. The fourth-order valence-electron chi connectivity index (χ4n) is 3.81. The van der Waals surface area contributed by atoms with Crippen LogP contribution in [0, 0.1) is 12.8 Å². The zero-order chi connectivity index (χ0) is 23.4. The number of urea groups is 1. The van der Waals surface area contributed by atoms with Crippen LogP contribution in [-0.2, 0) is 9.53 Å². The van der Waals surface area contributed by atoms with Gasteiger partial charge in [-0.25, -0.2) is 9.78 Å². The first kappa shape index (κ1) is 22.9. The van der Waals surface area contributed by atoms with Gasteiger partial charge in [-0.3, -0.25) is 4.79 Å². The van der Waals surface area contributed by atoms with E-state index >= 15 is 0 Å². The topological polar surface area (TPSA) is 104 Å². The second-order valence-electron chi connectivity index (χ2n) is 8.65. The standard InChI is InChI=1S/C25H30N4O4/c1-16-3-7-20(27-25(32)29-9-10-33-21(14-29)15-30)12-22(16)17(2)11-18-4-8-23(26-13-18)28-24(31)19-5-6-19/h3-4,7-8,11-13,19,21,30H,5-6,9-10,14-15H2,1-2H3,(H,27,32)(H,26,28,31). The lowest BCUT2D eigenvalue weighted by molar-refractivity contribution is -0.117. The number of carbonyl (C=O) groups is 2. The molecule has 1 saturated heterocycles. The molecule has 1 unspecified atom stereocenters. The quantitative estimate of drug-likeness (QED) is 0.625. The van der Waals surface area contributed by atoms with Crippen molar-refractivity contribution in [3.63, 3.8) is 0 Å².